The van der Waals surface area contributed by atoms with Crippen LogP contribution in [0.15, 0.2) is 42.6 Å². The van der Waals surface area contributed by atoms with Gasteiger partial charge in [0.05, 0.1) is 19.7 Å². The van der Waals surface area contributed by atoms with Gasteiger partial charge in [-0.15, -0.1) is 0 Å². The summed E-state index contributed by atoms with van der Waals surface area (Å²) >= 11 is 0. The largest absolute Gasteiger partial charge is 0.497 e. The van der Waals surface area contributed by atoms with Gasteiger partial charge >= 0.3 is 0 Å². The molecule has 0 atom stereocenters. The number of likely N-dealkylation sites (tertiary alicyclic amines) is 1. The molecule has 39 heavy (non-hydrogen) atoms. The van der Waals surface area contributed by atoms with Gasteiger partial charge in [0.25, 0.3) is 5.91 Å². The smallest absolute Gasteiger partial charge is 0.253 e. The third kappa shape index (κ3) is 7.21. The van der Waals surface area contributed by atoms with E-state index < -0.39 is 0 Å². The molecule has 0 spiro atoms. The Kier molecular flexibility index (Phi) is 10.4. The molecule has 3 heterocycles. The van der Waals surface area contributed by atoms with E-state index in [2.05, 4.69) is 30.9 Å². The van der Waals surface area contributed by atoms with E-state index >= 15 is 0 Å². The molecule has 3 aromatic rings. The standard InChI is InChI=1S/C32H44N4O3/c1-5-7-18-35(19-8-6-2)32(37)25-14-20-36-30(23-25)29(13-12-17-34-15-10-9-11-16-34)31(33-36)26-21-27(38-3)24-28(22-26)39-4/h12-14,20-24H,5-11,15-19H2,1-4H3/b13-12+. The summed E-state index contributed by atoms with van der Waals surface area (Å²) in [7, 11) is 3.31. The molecule has 1 amide bonds. The van der Waals surface area contributed by atoms with Crippen LogP contribution in [0.4, 0.5) is 0 Å². The molecule has 1 aliphatic heterocycles. The van der Waals surface area contributed by atoms with Gasteiger partial charge in [-0.05, 0) is 63.0 Å². The van der Waals surface area contributed by atoms with Gasteiger partial charge in [-0.2, -0.15) is 5.10 Å². The van der Waals surface area contributed by atoms with E-state index in [-0.39, 0.29) is 5.91 Å². The number of carbonyl (C=O) groups is 1. The van der Waals surface area contributed by atoms with Crippen molar-refractivity contribution >= 4 is 17.5 Å². The summed E-state index contributed by atoms with van der Waals surface area (Å²) in [5.74, 6) is 1.51. The molecule has 4 rings (SSSR count). The number of benzene rings is 1. The molecule has 1 fully saturated rings. The second-order valence-electron chi connectivity index (χ2n) is 10.4. The fraction of sp³-hybridized carbons (Fsp3) is 0.500. The van der Waals surface area contributed by atoms with E-state index in [1.807, 2.05) is 45.9 Å². The Labute approximate surface area is 233 Å². The Morgan fingerprint density at radius 1 is 0.974 bits per heavy atom. The van der Waals surface area contributed by atoms with Crippen LogP contribution in [-0.4, -0.2) is 72.3 Å². The summed E-state index contributed by atoms with van der Waals surface area (Å²) in [5, 5.41) is 4.96. The first-order valence-electron chi connectivity index (χ1n) is 14.5. The molecule has 0 bridgehead atoms. The minimum absolute atomic E-state index is 0.0912. The summed E-state index contributed by atoms with van der Waals surface area (Å²) in [6.07, 6.45) is 14.3. The van der Waals surface area contributed by atoms with Crippen molar-refractivity contribution in [1.29, 1.82) is 0 Å². The summed E-state index contributed by atoms with van der Waals surface area (Å²) in [4.78, 5) is 18.1. The van der Waals surface area contributed by atoms with E-state index in [1.165, 1.54) is 19.3 Å². The fourth-order valence-corrected chi connectivity index (χ4v) is 5.18. The minimum Gasteiger partial charge on any atom is -0.497 e. The van der Waals surface area contributed by atoms with Gasteiger partial charge in [0.15, 0.2) is 0 Å². The zero-order chi connectivity index (χ0) is 27.6. The lowest BCUT2D eigenvalue weighted by molar-refractivity contribution is 0.0751. The van der Waals surface area contributed by atoms with Crippen LogP contribution in [0.3, 0.4) is 0 Å². The molecule has 210 valence electrons. The Morgan fingerprint density at radius 2 is 1.64 bits per heavy atom. The van der Waals surface area contributed by atoms with Crippen molar-refractivity contribution in [3.8, 4) is 22.8 Å². The maximum Gasteiger partial charge on any atom is 0.253 e. The molecule has 1 saturated heterocycles. The summed E-state index contributed by atoms with van der Waals surface area (Å²) in [5.41, 5.74) is 4.35. The predicted molar refractivity (Wildman–Crippen MR) is 159 cm³/mol. The lowest BCUT2D eigenvalue weighted by atomic mass is 10.0. The van der Waals surface area contributed by atoms with Crippen LogP contribution in [0, 0.1) is 0 Å². The minimum atomic E-state index is 0.0912. The van der Waals surface area contributed by atoms with E-state index in [1.54, 1.807) is 14.2 Å². The Balaban J connectivity index is 1.76. The van der Waals surface area contributed by atoms with Gasteiger partial charge in [-0.3, -0.25) is 9.69 Å². The monoisotopic (exact) mass is 532 g/mol. The van der Waals surface area contributed by atoms with Crippen molar-refractivity contribution < 1.29 is 14.3 Å². The molecule has 7 nitrogen and oxygen atoms in total. The molecule has 2 aromatic heterocycles. The van der Waals surface area contributed by atoms with E-state index in [0.717, 1.165) is 80.7 Å². The highest BCUT2D eigenvalue weighted by Gasteiger charge is 2.20. The van der Waals surface area contributed by atoms with Crippen molar-refractivity contribution in [2.75, 3.05) is 46.9 Å². The summed E-state index contributed by atoms with van der Waals surface area (Å²) in [6, 6.07) is 9.72. The average molecular weight is 533 g/mol. The number of hydrogen-bond donors (Lipinski definition) is 0. The number of piperidine rings is 1. The molecule has 1 aliphatic rings. The Morgan fingerprint density at radius 3 is 2.26 bits per heavy atom. The highest BCUT2D eigenvalue weighted by molar-refractivity contribution is 5.96. The molecule has 1 aromatic carbocycles. The topological polar surface area (TPSA) is 59.3 Å². The summed E-state index contributed by atoms with van der Waals surface area (Å²) < 4.78 is 13.0. The molecular weight excluding hydrogens is 488 g/mol. The van der Waals surface area contributed by atoms with Crippen LogP contribution in [0.1, 0.15) is 74.7 Å². The van der Waals surface area contributed by atoms with Crippen molar-refractivity contribution in [2.45, 2.75) is 58.8 Å². The average Bonchev–Trinajstić information content (AvgIpc) is 3.35. The third-order valence-corrected chi connectivity index (χ3v) is 7.49. The van der Waals surface area contributed by atoms with Gasteiger partial charge in [0.2, 0.25) is 0 Å². The predicted octanol–water partition coefficient (Wildman–Crippen LogP) is 6.56. The number of nitrogens with zero attached hydrogens (tertiary/aromatic N) is 4. The van der Waals surface area contributed by atoms with Crippen molar-refractivity contribution in [3.05, 3.63) is 53.7 Å². The Bertz CT molecular complexity index is 1230. The first kappa shape index (κ1) is 28.7. The zero-order valence-electron chi connectivity index (χ0n) is 24.1. The number of carbonyl (C=O) groups excluding carboxylic acids is 1. The molecule has 0 saturated carbocycles. The van der Waals surface area contributed by atoms with E-state index in [0.29, 0.717) is 17.1 Å². The molecule has 0 aliphatic carbocycles. The van der Waals surface area contributed by atoms with Gasteiger partial charge in [0, 0.05) is 48.6 Å². The SMILES string of the molecule is CCCCN(CCCC)C(=O)c1ccn2nc(-c3cc(OC)cc(OC)c3)c(/C=C/CN3CCCCC3)c2c1. The number of ether oxygens (including phenoxy) is 2. The number of rotatable bonds is 13. The van der Waals surface area contributed by atoms with Crippen LogP contribution < -0.4 is 9.47 Å². The van der Waals surface area contributed by atoms with Crippen molar-refractivity contribution in [2.24, 2.45) is 0 Å². The van der Waals surface area contributed by atoms with Gasteiger partial charge in [-0.25, -0.2) is 4.52 Å². The number of aromatic nitrogens is 2. The first-order valence-corrected chi connectivity index (χ1v) is 14.5. The highest BCUT2D eigenvalue weighted by atomic mass is 16.5. The normalized spacial score (nSPS) is 14.3. The van der Waals surface area contributed by atoms with E-state index in [4.69, 9.17) is 14.6 Å². The number of unbranched alkanes of at least 4 members (excludes halogenated alkanes) is 2. The third-order valence-electron chi connectivity index (χ3n) is 7.49. The lowest BCUT2D eigenvalue weighted by Gasteiger charge is -2.24. The van der Waals surface area contributed by atoms with Crippen LogP contribution in [0.25, 0.3) is 22.9 Å². The quantitative estimate of drug-likeness (QED) is 0.250. The second-order valence-corrected chi connectivity index (χ2v) is 10.4. The molecule has 0 unspecified atom stereocenters. The Hall–Kier alpha value is -3.32. The maximum atomic E-state index is 13.6. The van der Waals surface area contributed by atoms with Crippen molar-refractivity contribution in [1.82, 2.24) is 19.4 Å². The van der Waals surface area contributed by atoms with Crippen LogP contribution >= 0.6 is 0 Å². The number of fused-ring (bicyclic) bond motifs is 1. The number of pyridine rings is 1. The van der Waals surface area contributed by atoms with E-state index in [9.17, 15) is 4.79 Å². The van der Waals surface area contributed by atoms with Crippen LogP contribution in [-0.2, 0) is 0 Å². The molecule has 0 N–H and O–H groups in total. The van der Waals surface area contributed by atoms with Gasteiger partial charge < -0.3 is 14.4 Å². The fourth-order valence-electron chi connectivity index (χ4n) is 5.18. The number of hydrogen-bond acceptors (Lipinski definition) is 5. The van der Waals surface area contributed by atoms with Crippen LogP contribution in [0.5, 0.6) is 11.5 Å². The van der Waals surface area contributed by atoms with Crippen molar-refractivity contribution in [3.63, 3.8) is 0 Å². The zero-order valence-corrected chi connectivity index (χ0v) is 24.1. The number of methoxy groups -OCH3 is 2. The number of amides is 1. The lowest BCUT2D eigenvalue weighted by Crippen LogP contribution is -2.33. The maximum absolute atomic E-state index is 13.6. The van der Waals surface area contributed by atoms with Gasteiger partial charge in [0.1, 0.15) is 17.2 Å². The van der Waals surface area contributed by atoms with Crippen LogP contribution in [0.2, 0.25) is 0 Å². The molecule has 0 radical (unpaired) electrons. The van der Waals surface area contributed by atoms with Gasteiger partial charge in [-0.1, -0.05) is 45.3 Å². The first-order chi connectivity index (χ1) is 19.1. The molecular formula is C32H44N4O3. The highest BCUT2D eigenvalue weighted by Crippen LogP contribution is 2.34. The summed E-state index contributed by atoms with van der Waals surface area (Å²) in [6.45, 7) is 9.09. The molecule has 7 heteroatoms. The second kappa shape index (κ2) is 14.2.